The van der Waals surface area contributed by atoms with Crippen molar-refractivity contribution in [1.29, 1.82) is 0 Å². The summed E-state index contributed by atoms with van der Waals surface area (Å²) in [5.74, 6) is 1.66. The highest BCUT2D eigenvalue weighted by atomic mass is 35.5. The monoisotopic (exact) mass is 636 g/mol. The fourth-order valence-electron chi connectivity index (χ4n) is 5.89. The summed E-state index contributed by atoms with van der Waals surface area (Å²) in [5, 5.41) is 16.5. The van der Waals surface area contributed by atoms with E-state index in [1.807, 2.05) is 48.3 Å². The molecule has 1 atom stereocenters. The molecule has 0 radical (unpaired) electrons. The number of halogens is 1. The summed E-state index contributed by atoms with van der Waals surface area (Å²) in [6.07, 6.45) is 4.30. The van der Waals surface area contributed by atoms with E-state index in [4.69, 9.17) is 26.1 Å². The molecule has 0 saturated heterocycles. The molecular formula is C35H33ClN6O2S. The molecule has 1 unspecified atom stereocenters. The number of aromatic amines is 1. The summed E-state index contributed by atoms with van der Waals surface area (Å²) in [6.45, 7) is 4.61. The fourth-order valence-corrected chi connectivity index (χ4v) is 7.36. The molecule has 228 valence electrons. The molecule has 7 rings (SSSR count). The molecular weight excluding hydrogens is 604 g/mol. The Hall–Kier alpha value is -4.18. The molecule has 10 heteroatoms. The van der Waals surface area contributed by atoms with Gasteiger partial charge in [0.25, 0.3) is 0 Å². The van der Waals surface area contributed by atoms with Crippen LogP contribution in [-0.4, -0.2) is 48.6 Å². The molecule has 45 heavy (non-hydrogen) atoms. The molecule has 1 N–H and O–H groups in total. The van der Waals surface area contributed by atoms with Crippen molar-refractivity contribution in [3.63, 3.8) is 0 Å². The molecule has 3 aromatic carbocycles. The predicted octanol–water partition coefficient (Wildman–Crippen LogP) is 7.34. The van der Waals surface area contributed by atoms with Gasteiger partial charge >= 0.3 is 0 Å². The van der Waals surface area contributed by atoms with Crippen molar-refractivity contribution in [1.82, 2.24) is 30.2 Å². The van der Waals surface area contributed by atoms with Crippen LogP contribution in [0.4, 0.5) is 0 Å². The van der Waals surface area contributed by atoms with E-state index in [2.05, 4.69) is 80.6 Å². The lowest BCUT2D eigenvalue weighted by Crippen LogP contribution is -2.11. The van der Waals surface area contributed by atoms with Crippen molar-refractivity contribution in [3.8, 4) is 16.9 Å². The molecule has 8 nitrogen and oxygen atoms in total. The molecule has 1 aliphatic heterocycles. The van der Waals surface area contributed by atoms with Crippen molar-refractivity contribution >= 4 is 34.3 Å². The zero-order chi connectivity index (χ0) is 30.6. The van der Waals surface area contributed by atoms with E-state index in [0.717, 1.165) is 52.8 Å². The Balaban J connectivity index is 1.16. The zero-order valence-corrected chi connectivity index (χ0v) is 26.5. The van der Waals surface area contributed by atoms with Gasteiger partial charge in [0.05, 0.1) is 24.4 Å². The number of ether oxygens (including phenoxy) is 2. The van der Waals surface area contributed by atoms with Gasteiger partial charge < -0.3 is 14.0 Å². The van der Waals surface area contributed by atoms with Gasteiger partial charge in [-0.3, -0.25) is 4.98 Å². The van der Waals surface area contributed by atoms with Gasteiger partial charge in [0.1, 0.15) is 12.4 Å². The topological polar surface area (TPSA) is 90.7 Å². The molecule has 0 bridgehead atoms. The van der Waals surface area contributed by atoms with Crippen LogP contribution < -0.4 is 4.74 Å². The van der Waals surface area contributed by atoms with E-state index in [9.17, 15) is 0 Å². The molecule has 0 fully saturated rings. The normalized spacial score (nSPS) is 14.2. The number of nitrogens with zero attached hydrogens (tertiary/aromatic N) is 5. The minimum Gasteiger partial charge on any atom is -0.487 e. The number of hydrogen-bond donors (Lipinski definition) is 1. The lowest BCUT2D eigenvalue weighted by atomic mass is 10.0. The number of thioether (sulfide) groups is 1. The minimum atomic E-state index is 0.414. The van der Waals surface area contributed by atoms with Gasteiger partial charge in [-0.1, -0.05) is 67.1 Å². The standard InChI is InChI=1S/C35H33ClN6O2S/c1-23-19-29-32(44-22-28-12-9-26(20-37-28)25-5-3-2-4-6-25)14-13-30-34(29)35(45-23)31(15-17-43-18-16-33-38-40-41-39-33)42(30)21-24-7-10-27(36)11-8-24/h2-14,20,23H,15-19,21-22H2,1H3,(H,38,39,40,41). The van der Waals surface area contributed by atoms with Crippen molar-refractivity contribution in [2.24, 2.45) is 0 Å². The second kappa shape index (κ2) is 13.4. The summed E-state index contributed by atoms with van der Waals surface area (Å²) in [5.41, 5.74) is 8.13. The first-order chi connectivity index (χ1) is 22.1. The van der Waals surface area contributed by atoms with E-state index in [1.54, 1.807) is 0 Å². The molecule has 0 aliphatic carbocycles. The average Bonchev–Trinajstić information content (AvgIpc) is 3.69. The van der Waals surface area contributed by atoms with E-state index in [1.165, 1.54) is 32.6 Å². The predicted molar refractivity (Wildman–Crippen MR) is 178 cm³/mol. The molecule has 4 heterocycles. The van der Waals surface area contributed by atoms with Gasteiger partial charge in [-0.2, -0.15) is 0 Å². The van der Waals surface area contributed by atoms with Crippen LogP contribution in [0.15, 0.2) is 90.0 Å². The van der Waals surface area contributed by atoms with Crippen LogP contribution in [0.25, 0.3) is 22.0 Å². The Morgan fingerprint density at radius 3 is 2.58 bits per heavy atom. The average molecular weight is 637 g/mol. The van der Waals surface area contributed by atoms with E-state index < -0.39 is 0 Å². The van der Waals surface area contributed by atoms with Crippen molar-refractivity contribution in [2.45, 2.75) is 49.5 Å². The van der Waals surface area contributed by atoms with Crippen LogP contribution in [0.1, 0.15) is 35.3 Å². The first kappa shape index (κ1) is 29.5. The maximum Gasteiger partial charge on any atom is 0.150 e. The number of tetrazole rings is 1. The molecule has 1 aliphatic rings. The lowest BCUT2D eigenvalue weighted by Gasteiger charge is -2.22. The third-order valence-electron chi connectivity index (χ3n) is 8.08. The summed E-state index contributed by atoms with van der Waals surface area (Å²) < 4.78 is 15.0. The Kier molecular flexibility index (Phi) is 8.82. The van der Waals surface area contributed by atoms with Crippen LogP contribution in [0.2, 0.25) is 5.02 Å². The first-order valence-corrected chi connectivity index (χ1v) is 16.4. The van der Waals surface area contributed by atoms with Crippen LogP contribution in [0, 0.1) is 0 Å². The number of hydrogen-bond acceptors (Lipinski definition) is 7. The Morgan fingerprint density at radius 1 is 0.956 bits per heavy atom. The van der Waals surface area contributed by atoms with Gasteiger partial charge in [-0.05, 0) is 58.3 Å². The van der Waals surface area contributed by atoms with E-state index in [-0.39, 0.29) is 0 Å². The van der Waals surface area contributed by atoms with E-state index in [0.29, 0.717) is 31.5 Å². The van der Waals surface area contributed by atoms with Crippen molar-refractivity contribution in [2.75, 3.05) is 13.2 Å². The summed E-state index contributed by atoms with van der Waals surface area (Å²) in [4.78, 5) is 6.03. The number of pyridine rings is 1. The number of aromatic nitrogens is 6. The van der Waals surface area contributed by atoms with Crippen LogP contribution in [0.3, 0.4) is 0 Å². The Labute approximate surface area is 271 Å². The maximum absolute atomic E-state index is 6.49. The highest BCUT2D eigenvalue weighted by molar-refractivity contribution is 8.00. The van der Waals surface area contributed by atoms with Crippen LogP contribution in [-0.2, 0) is 37.2 Å². The van der Waals surface area contributed by atoms with Crippen LogP contribution in [0.5, 0.6) is 5.75 Å². The highest BCUT2D eigenvalue weighted by Gasteiger charge is 2.28. The van der Waals surface area contributed by atoms with Gasteiger partial charge in [0, 0.05) is 63.0 Å². The number of H-pyrrole nitrogens is 1. The minimum absolute atomic E-state index is 0.414. The van der Waals surface area contributed by atoms with Gasteiger partial charge in [0.15, 0.2) is 5.82 Å². The Morgan fingerprint density at radius 2 is 1.80 bits per heavy atom. The molecule has 6 aromatic rings. The van der Waals surface area contributed by atoms with Crippen LogP contribution >= 0.6 is 23.4 Å². The molecule has 0 spiro atoms. The van der Waals surface area contributed by atoms with Crippen molar-refractivity contribution < 1.29 is 9.47 Å². The zero-order valence-electron chi connectivity index (χ0n) is 24.9. The molecule has 0 amide bonds. The van der Waals surface area contributed by atoms with Gasteiger partial charge in [0.2, 0.25) is 0 Å². The van der Waals surface area contributed by atoms with Crippen molar-refractivity contribution in [3.05, 3.63) is 118 Å². The van der Waals surface area contributed by atoms with E-state index >= 15 is 0 Å². The third kappa shape index (κ3) is 6.61. The second-order valence-electron chi connectivity index (χ2n) is 11.2. The first-order valence-electron chi connectivity index (χ1n) is 15.1. The smallest absolute Gasteiger partial charge is 0.150 e. The largest absolute Gasteiger partial charge is 0.487 e. The fraction of sp³-hybridized carbons (Fsp3) is 0.257. The Bertz CT molecular complexity index is 1880. The maximum atomic E-state index is 6.49. The summed E-state index contributed by atoms with van der Waals surface area (Å²) in [6, 6.07) is 26.9. The number of nitrogens with one attached hydrogen (secondary N) is 1. The molecule has 3 aromatic heterocycles. The lowest BCUT2D eigenvalue weighted by molar-refractivity contribution is 0.137. The molecule has 0 saturated carbocycles. The second-order valence-corrected chi connectivity index (χ2v) is 13.1. The van der Waals surface area contributed by atoms with Gasteiger partial charge in [-0.15, -0.1) is 16.9 Å². The third-order valence-corrected chi connectivity index (χ3v) is 9.58. The SMILES string of the molecule is CC1Cc2c(OCc3ccc(-c4ccccc4)cn3)ccc3c2c(c(CCOCCc2nnn[nH]2)n3Cc2ccc(Cl)cc2)S1. The number of rotatable bonds is 12. The summed E-state index contributed by atoms with van der Waals surface area (Å²) in [7, 11) is 0. The van der Waals surface area contributed by atoms with Gasteiger partial charge in [-0.25, -0.2) is 5.10 Å². The highest BCUT2D eigenvalue weighted by Crippen LogP contribution is 2.47. The number of benzene rings is 3. The quantitative estimate of drug-likeness (QED) is 0.141. The summed E-state index contributed by atoms with van der Waals surface area (Å²) >= 11 is 8.17.